The maximum atomic E-state index is 12.6. The van der Waals surface area contributed by atoms with Crippen molar-refractivity contribution in [3.05, 3.63) is 96.7 Å². The van der Waals surface area contributed by atoms with Crippen molar-refractivity contribution in [3.8, 4) is 23.1 Å². The van der Waals surface area contributed by atoms with Crippen LogP contribution < -0.4 is 14.2 Å². The number of carbonyl (C=O) groups excluding carboxylic acids is 1. The van der Waals surface area contributed by atoms with Crippen LogP contribution >= 0.6 is 12.6 Å². The standard InChI is InChI=1S/C28H28N4O4S/c33-28(36-24-6-4-21(5-7-24)26(37)27-30-15-16-31-27)32-17-12-20(13-18-32)19-34-22-8-10-23(11-9-22)35-25-3-1-2-14-29-25/h1-11,14-16,20,26,37H,12-13,17-19H2,(H,30,31). The quantitative estimate of drug-likeness (QED) is 0.283. The van der Waals surface area contributed by atoms with Crippen molar-refractivity contribution in [1.82, 2.24) is 19.9 Å². The summed E-state index contributed by atoms with van der Waals surface area (Å²) in [7, 11) is 0. The smallest absolute Gasteiger partial charge is 0.415 e. The van der Waals surface area contributed by atoms with Crippen molar-refractivity contribution >= 4 is 18.7 Å². The number of imidazole rings is 1. The molecule has 1 unspecified atom stereocenters. The molecule has 0 radical (unpaired) electrons. The van der Waals surface area contributed by atoms with Crippen LogP contribution in [0.15, 0.2) is 85.3 Å². The molecule has 1 fully saturated rings. The first-order valence-electron chi connectivity index (χ1n) is 12.2. The second-order valence-corrected chi connectivity index (χ2v) is 9.31. The minimum Gasteiger partial charge on any atom is -0.493 e. The fraction of sp³-hybridized carbons (Fsp3) is 0.250. The molecule has 1 N–H and O–H groups in total. The number of hydrogen-bond acceptors (Lipinski definition) is 7. The third-order valence-electron chi connectivity index (χ3n) is 6.22. The Balaban J connectivity index is 1.04. The van der Waals surface area contributed by atoms with Crippen molar-refractivity contribution in [2.24, 2.45) is 5.92 Å². The first-order chi connectivity index (χ1) is 18.1. The largest absolute Gasteiger partial charge is 0.493 e. The number of aromatic nitrogens is 3. The average Bonchev–Trinajstić information content (AvgIpc) is 3.49. The molecule has 0 aliphatic carbocycles. The number of nitrogens with zero attached hydrogens (tertiary/aromatic N) is 3. The van der Waals surface area contributed by atoms with Crippen molar-refractivity contribution < 1.29 is 19.0 Å². The summed E-state index contributed by atoms with van der Waals surface area (Å²) < 4.78 is 17.3. The van der Waals surface area contributed by atoms with Crippen LogP contribution in [-0.2, 0) is 0 Å². The fourth-order valence-corrected chi connectivity index (χ4v) is 4.41. The summed E-state index contributed by atoms with van der Waals surface area (Å²) in [6.07, 6.45) is 6.55. The fourth-order valence-electron chi connectivity index (χ4n) is 4.10. The summed E-state index contributed by atoms with van der Waals surface area (Å²) in [5.74, 6) is 3.70. The minimum absolute atomic E-state index is 0.168. The lowest BCUT2D eigenvalue weighted by Crippen LogP contribution is -2.41. The summed E-state index contributed by atoms with van der Waals surface area (Å²) in [6, 6.07) is 20.4. The number of hydrogen-bond donors (Lipinski definition) is 2. The van der Waals surface area contributed by atoms with E-state index in [1.807, 2.05) is 54.6 Å². The average molecular weight is 517 g/mol. The highest BCUT2D eigenvalue weighted by atomic mass is 32.1. The number of nitrogens with one attached hydrogen (secondary N) is 1. The molecule has 1 saturated heterocycles. The van der Waals surface area contributed by atoms with Crippen LogP contribution in [0.1, 0.15) is 29.5 Å². The minimum atomic E-state index is -0.330. The number of benzene rings is 2. The maximum absolute atomic E-state index is 12.6. The van der Waals surface area contributed by atoms with Gasteiger partial charge >= 0.3 is 6.09 Å². The van der Waals surface area contributed by atoms with Gasteiger partial charge in [0.15, 0.2) is 0 Å². The molecule has 8 nitrogen and oxygen atoms in total. The van der Waals surface area contributed by atoms with Crippen LogP contribution in [0.2, 0.25) is 0 Å². The topological polar surface area (TPSA) is 89.6 Å². The van der Waals surface area contributed by atoms with Crippen LogP contribution in [0.4, 0.5) is 4.79 Å². The van der Waals surface area contributed by atoms with Gasteiger partial charge in [-0.05, 0) is 66.8 Å². The molecule has 9 heteroatoms. The van der Waals surface area contributed by atoms with Gasteiger partial charge in [-0.25, -0.2) is 14.8 Å². The molecule has 1 aliphatic rings. The zero-order valence-corrected chi connectivity index (χ0v) is 21.1. The van der Waals surface area contributed by atoms with Crippen LogP contribution in [0.5, 0.6) is 23.1 Å². The van der Waals surface area contributed by atoms with Gasteiger partial charge in [0.05, 0.1) is 11.9 Å². The molecule has 1 amide bonds. The van der Waals surface area contributed by atoms with E-state index in [2.05, 4.69) is 27.6 Å². The van der Waals surface area contributed by atoms with Crippen molar-refractivity contribution in [2.75, 3.05) is 19.7 Å². The van der Waals surface area contributed by atoms with Crippen LogP contribution in [-0.4, -0.2) is 45.6 Å². The molecular formula is C28H28N4O4S. The summed E-state index contributed by atoms with van der Waals surface area (Å²) in [4.78, 5) is 25.9. The molecule has 1 aliphatic heterocycles. The molecular weight excluding hydrogens is 488 g/mol. The van der Waals surface area contributed by atoms with E-state index in [1.165, 1.54) is 0 Å². The highest BCUT2D eigenvalue weighted by Crippen LogP contribution is 2.28. The summed E-state index contributed by atoms with van der Waals surface area (Å²) in [5.41, 5.74) is 0.967. The highest BCUT2D eigenvalue weighted by Gasteiger charge is 2.25. The van der Waals surface area contributed by atoms with Crippen LogP contribution in [0.25, 0.3) is 0 Å². The van der Waals surface area contributed by atoms with Gasteiger partial charge in [-0.1, -0.05) is 18.2 Å². The number of ether oxygens (including phenoxy) is 3. The van der Waals surface area contributed by atoms with Gasteiger partial charge in [-0.15, -0.1) is 0 Å². The van der Waals surface area contributed by atoms with Crippen LogP contribution in [0.3, 0.4) is 0 Å². The molecule has 1 atom stereocenters. The third kappa shape index (κ3) is 6.62. The first kappa shape index (κ1) is 24.7. The predicted molar refractivity (Wildman–Crippen MR) is 142 cm³/mol. The van der Waals surface area contributed by atoms with E-state index >= 15 is 0 Å². The van der Waals surface area contributed by atoms with Crippen molar-refractivity contribution in [1.29, 1.82) is 0 Å². The molecule has 37 heavy (non-hydrogen) atoms. The first-order valence-corrected chi connectivity index (χ1v) is 12.7. The number of H-pyrrole nitrogens is 1. The van der Waals surface area contributed by atoms with Gasteiger partial charge in [-0.2, -0.15) is 12.6 Å². The Kier molecular flexibility index (Phi) is 7.90. The molecule has 0 saturated carbocycles. The van der Waals surface area contributed by atoms with E-state index in [9.17, 15) is 4.79 Å². The Bertz CT molecular complexity index is 1260. The van der Waals surface area contributed by atoms with Gasteiger partial charge < -0.3 is 24.1 Å². The molecule has 3 heterocycles. The normalized spacial score (nSPS) is 14.7. The SMILES string of the molecule is O=C(Oc1ccc(C(S)c2ncc[nH]2)cc1)N1CCC(COc2ccc(Oc3ccccn3)cc2)CC1. The molecule has 5 rings (SSSR count). The zero-order chi connectivity index (χ0) is 25.5. The highest BCUT2D eigenvalue weighted by molar-refractivity contribution is 7.80. The Labute approximate surface area is 221 Å². The van der Waals surface area contributed by atoms with E-state index in [0.717, 1.165) is 30.0 Å². The number of likely N-dealkylation sites (tertiary alicyclic amines) is 1. The van der Waals surface area contributed by atoms with E-state index in [4.69, 9.17) is 14.2 Å². The number of amides is 1. The number of aromatic amines is 1. The van der Waals surface area contributed by atoms with E-state index in [1.54, 1.807) is 35.6 Å². The summed E-state index contributed by atoms with van der Waals surface area (Å²) >= 11 is 4.61. The van der Waals surface area contributed by atoms with Gasteiger partial charge in [0.25, 0.3) is 0 Å². The van der Waals surface area contributed by atoms with Gasteiger partial charge in [-0.3, -0.25) is 0 Å². The Morgan fingerprint density at radius 1 is 0.946 bits per heavy atom. The second kappa shape index (κ2) is 11.8. The third-order valence-corrected chi connectivity index (χ3v) is 6.76. The van der Waals surface area contributed by atoms with Crippen molar-refractivity contribution in [2.45, 2.75) is 18.1 Å². The molecule has 4 aromatic rings. The van der Waals surface area contributed by atoms with E-state index in [0.29, 0.717) is 43.0 Å². The summed E-state index contributed by atoms with van der Waals surface area (Å²) in [5, 5.41) is -0.168. The Morgan fingerprint density at radius 2 is 1.68 bits per heavy atom. The van der Waals surface area contributed by atoms with Crippen molar-refractivity contribution in [3.63, 3.8) is 0 Å². The molecule has 2 aromatic heterocycles. The predicted octanol–water partition coefficient (Wildman–Crippen LogP) is 5.91. The number of rotatable bonds is 8. The molecule has 190 valence electrons. The zero-order valence-electron chi connectivity index (χ0n) is 20.2. The van der Waals surface area contributed by atoms with E-state index in [-0.39, 0.29) is 11.3 Å². The summed E-state index contributed by atoms with van der Waals surface area (Å²) in [6.45, 7) is 1.88. The molecule has 2 aromatic carbocycles. The lowest BCUT2D eigenvalue weighted by atomic mass is 9.98. The molecule has 0 bridgehead atoms. The van der Waals surface area contributed by atoms with Gasteiger partial charge in [0.2, 0.25) is 5.88 Å². The van der Waals surface area contributed by atoms with Gasteiger partial charge in [0, 0.05) is 37.7 Å². The molecule has 0 spiro atoms. The second-order valence-electron chi connectivity index (χ2n) is 8.80. The lowest BCUT2D eigenvalue weighted by molar-refractivity contribution is 0.117. The maximum Gasteiger partial charge on any atom is 0.415 e. The Hall–Kier alpha value is -3.98. The van der Waals surface area contributed by atoms with Crippen LogP contribution in [0, 0.1) is 5.92 Å². The number of thiol groups is 1. The number of pyridine rings is 1. The lowest BCUT2D eigenvalue weighted by Gasteiger charge is -2.31. The monoisotopic (exact) mass is 516 g/mol. The van der Waals surface area contributed by atoms with E-state index < -0.39 is 0 Å². The van der Waals surface area contributed by atoms with Gasteiger partial charge in [0.1, 0.15) is 23.1 Å². The number of piperidine rings is 1. The number of carbonyl (C=O) groups is 1. The Morgan fingerprint density at radius 3 is 2.35 bits per heavy atom.